The Hall–Kier alpha value is -2.55. The maximum Gasteiger partial charge on any atom is 0.123 e. The molecular formula is C18H18O3. The average molecular weight is 282 g/mol. The summed E-state index contributed by atoms with van der Waals surface area (Å²) in [5, 5.41) is 0. The van der Waals surface area contributed by atoms with Gasteiger partial charge in [0.05, 0.1) is 6.61 Å². The fraction of sp³-hybridized carbons (Fsp3) is 0.167. The molecule has 0 bridgehead atoms. The van der Waals surface area contributed by atoms with E-state index in [2.05, 4.69) is 6.58 Å². The van der Waals surface area contributed by atoms with Crippen LogP contribution in [0.15, 0.2) is 55.1 Å². The predicted molar refractivity (Wildman–Crippen MR) is 83.5 cm³/mol. The lowest BCUT2D eigenvalue weighted by atomic mass is 10.1. The first kappa shape index (κ1) is 14.9. The summed E-state index contributed by atoms with van der Waals surface area (Å²) in [6, 6.07) is 15.4. The van der Waals surface area contributed by atoms with Crippen molar-refractivity contribution >= 4 is 12.4 Å². The molecule has 0 aliphatic carbocycles. The molecule has 0 N–H and O–H groups in total. The normalized spacial score (nSPS) is 9.90. The van der Waals surface area contributed by atoms with E-state index in [4.69, 9.17) is 9.47 Å². The third-order valence-electron chi connectivity index (χ3n) is 2.98. The second-order valence-electron chi connectivity index (χ2n) is 4.47. The summed E-state index contributed by atoms with van der Waals surface area (Å²) in [5.74, 6) is 1.43. The van der Waals surface area contributed by atoms with Crippen LogP contribution in [-0.4, -0.2) is 12.9 Å². The Bertz CT molecular complexity index is 605. The molecule has 0 fully saturated rings. The topological polar surface area (TPSA) is 35.5 Å². The fourth-order valence-corrected chi connectivity index (χ4v) is 1.90. The molecule has 0 unspecified atom stereocenters. The molecule has 0 atom stereocenters. The van der Waals surface area contributed by atoms with Crippen molar-refractivity contribution in [2.75, 3.05) is 6.61 Å². The van der Waals surface area contributed by atoms with Crippen LogP contribution >= 0.6 is 0 Å². The fourth-order valence-electron chi connectivity index (χ4n) is 1.90. The van der Waals surface area contributed by atoms with Gasteiger partial charge in [-0.15, -0.1) is 0 Å². The average Bonchev–Trinajstić information content (AvgIpc) is 2.54. The maximum absolute atomic E-state index is 10.3. The summed E-state index contributed by atoms with van der Waals surface area (Å²) >= 11 is 0. The lowest BCUT2D eigenvalue weighted by Gasteiger charge is -2.10. The summed E-state index contributed by atoms with van der Waals surface area (Å²) in [4.78, 5) is 10.3. The van der Waals surface area contributed by atoms with Gasteiger partial charge in [-0.25, -0.2) is 0 Å². The van der Waals surface area contributed by atoms with Crippen LogP contribution in [-0.2, 0) is 11.4 Å². The summed E-state index contributed by atoms with van der Waals surface area (Å²) in [7, 11) is 0. The summed E-state index contributed by atoms with van der Waals surface area (Å²) in [6.07, 6.45) is 3.04. The van der Waals surface area contributed by atoms with Crippen molar-refractivity contribution in [3.8, 4) is 11.5 Å². The van der Waals surface area contributed by atoms with Crippen LogP contribution in [0.4, 0.5) is 0 Å². The molecule has 21 heavy (non-hydrogen) atoms. The molecule has 3 nitrogen and oxygen atoms in total. The van der Waals surface area contributed by atoms with Crippen molar-refractivity contribution in [2.24, 2.45) is 0 Å². The minimum absolute atomic E-state index is 0.381. The molecule has 0 amide bonds. The van der Waals surface area contributed by atoms with Crippen LogP contribution in [0.25, 0.3) is 6.08 Å². The van der Waals surface area contributed by atoms with E-state index in [1.807, 2.05) is 54.6 Å². The van der Waals surface area contributed by atoms with Crippen molar-refractivity contribution in [3.05, 3.63) is 66.2 Å². The van der Waals surface area contributed by atoms with Gasteiger partial charge in [-0.05, 0) is 23.3 Å². The molecule has 3 heteroatoms. The van der Waals surface area contributed by atoms with E-state index in [9.17, 15) is 4.79 Å². The van der Waals surface area contributed by atoms with Crippen molar-refractivity contribution in [3.63, 3.8) is 0 Å². The van der Waals surface area contributed by atoms with Crippen molar-refractivity contribution in [2.45, 2.75) is 13.0 Å². The quantitative estimate of drug-likeness (QED) is 0.544. The van der Waals surface area contributed by atoms with Crippen LogP contribution in [0.5, 0.6) is 11.5 Å². The summed E-state index contributed by atoms with van der Waals surface area (Å²) in [6.45, 7) is 4.65. The molecular weight excluding hydrogens is 264 g/mol. The molecule has 2 aromatic rings. The van der Waals surface area contributed by atoms with Crippen molar-refractivity contribution < 1.29 is 14.3 Å². The second kappa shape index (κ2) is 7.90. The Kier molecular flexibility index (Phi) is 5.59. The summed E-state index contributed by atoms with van der Waals surface area (Å²) in [5.41, 5.74) is 2.15. The SMILES string of the molecule is C=Cc1ccccc1COc1cccc(OCCC=O)c1. The number of benzene rings is 2. The van der Waals surface area contributed by atoms with E-state index in [-0.39, 0.29) is 0 Å². The third-order valence-corrected chi connectivity index (χ3v) is 2.98. The minimum Gasteiger partial charge on any atom is -0.493 e. The smallest absolute Gasteiger partial charge is 0.123 e. The van der Waals surface area contributed by atoms with Gasteiger partial charge in [0, 0.05) is 12.5 Å². The first-order valence-corrected chi connectivity index (χ1v) is 6.83. The number of aldehydes is 1. The monoisotopic (exact) mass is 282 g/mol. The highest BCUT2D eigenvalue weighted by atomic mass is 16.5. The number of hydrogen-bond acceptors (Lipinski definition) is 3. The molecule has 0 saturated heterocycles. The van der Waals surface area contributed by atoms with Crippen LogP contribution < -0.4 is 9.47 Å². The van der Waals surface area contributed by atoms with E-state index in [0.29, 0.717) is 25.4 Å². The Morgan fingerprint density at radius 1 is 1.00 bits per heavy atom. The van der Waals surface area contributed by atoms with Crippen LogP contribution in [0.3, 0.4) is 0 Å². The van der Waals surface area contributed by atoms with Crippen LogP contribution in [0.2, 0.25) is 0 Å². The Morgan fingerprint density at radius 2 is 1.76 bits per heavy atom. The van der Waals surface area contributed by atoms with Crippen LogP contribution in [0.1, 0.15) is 17.5 Å². The largest absolute Gasteiger partial charge is 0.493 e. The van der Waals surface area contributed by atoms with Gasteiger partial charge in [0.1, 0.15) is 24.4 Å². The molecule has 2 rings (SSSR count). The molecule has 108 valence electrons. The third kappa shape index (κ3) is 4.49. The molecule has 0 aromatic heterocycles. The second-order valence-corrected chi connectivity index (χ2v) is 4.47. The molecule has 0 heterocycles. The van der Waals surface area contributed by atoms with E-state index < -0.39 is 0 Å². The van der Waals surface area contributed by atoms with Gasteiger partial charge in [0.25, 0.3) is 0 Å². The van der Waals surface area contributed by atoms with Gasteiger partial charge >= 0.3 is 0 Å². The Balaban J connectivity index is 1.98. The van der Waals surface area contributed by atoms with Gasteiger partial charge in [-0.1, -0.05) is 43.0 Å². The summed E-state index contributed by atoms with van der Waals surface area (Å²) < 4.78 is 11.2. The van der Waals surface area contributed by atoms with Gasteiger partial charge < -0.3 is 14.3 Å². The number of carbonyl (C=O) groups is 1. The molecule has 0 saturated carbocycles. The van der Waals surface area contributed by atoms with Gasteiger partial charge in [0.2, 0.25) is 0 Å². The van der Waals surface area contributed by atoms with Gasteiger partial charge in [0.15, 0.2) is 0 Å². The van der Waals surface area contributed by atoms with Crippen molar-refractivity contribution in [1.82, 2.24) is 0 Å². The molecule has 0 spiro atoms. The zero-order valence-electron chi connectivity index (χ0n) is 11.8. The minimum atomic E-state index is 0.381. The maximum atomic E-state index is 10.3. The molecule has 0 radical (unpaired) electrons. The lowest BCUT2D eigenvalue weighted by Crippen LogP contribution is -2.00. The van der Waals surface area contributed by atoms with Crippen molar-refractivity contribution in [1.29, 1.82) is 0 Å². The highest BCUT2D eigenvalue weighted by Crippen LogP contribution is 2.21. The predicted octanol–water partition coefficient (Wildman–Crippen LogP) is 3.88. The first-order valence-electron chi connectivity index (χ1n) is 6.83. The zero-order valence-corrected chi connectivity index (χ0v) is 11.8. The van der Waals surface area contributed by atoms with E-state index in [0.717, 1.165) is 23.2 Å². The molecule has 2 aromatic carbocycles. The lowest BCUT2D eigenvalue weighted by molar-refractivity contribution is -0.108. The van der Waals surface area contributed by atoms with E-state index >= 15 is 0 Å². The standard InChI is InChI=1S/C18H18O3/c1-2-15-7-3-4-8-16(15)14-21-18-10-5-9-17(13-18)20-12-6-11-19/h2-5,7-11,13H,1,6,12,14H2. The first-order chi connectivity index (χ1) is 10.3. The number of hydrogen-bond donors (Lipinski definition) is 0. The number of carbonyl (C=O) groups excluding carboxylic acids is 1. The molecule has 0 aliphatic heterocycles. The zero-order chi connectivity index (χ0) is 14.9. The van der Waals surface area contributed by atoms with Crippen LogP contribution in [0, 0.1) is 0 Å². The number of rotatable bonds is 8. The van der Waals surface area contributed by atoms with E-state index in [1.165, 1.54) is 0 Å². The van der Waals surface area contributed by atoms with Gasteiger partial charge in [-0.2, -0.15) is 0 Å². The molecule has 0 aliphatic rings. The van der Waals surface area contributed by atoms with Gasteiger partial charge in [-0.3, -0.25) is 0 Å². The highest BCUT2D eigenvalue weighted by Gasteiger charge is 2.01. The Morgan fingerprint density at radius 3 is 2.52 bits per heavy atom. The Labute approximate surface area is 124 Å². The highest BCUT2D eigenvalue weighted by molar-refractivity contribution is 5.51. The number of ether oxygens (including phenoxy) is 2. The van der Waals surface area contributed by atoms with E-state index in [1.54, 1.807) is 0 Å².